The molecule has 0 fully saturated rings. The molecule has 0 saturated carbocycles. The van der Waals surface area contributed by atoms with Gasteiger partial charge >= 0.3 is 0 Å². The fourth-order valence-corrected chi connectivity index (χ4v) is 3.55. The maximum absolute atomic E-state index is 12.9. The Hall–Kier alpha value is -2.35. The third-order valence-electron chi connectivity index (χ3n) is 4.70. The van der Waals surface area contributed by atoms with Crippen LogP contribution in [0.15, 0.2) is 35.7 Å². The summed E-state index contributed by atoms with van der Waals surface area (Å²) in [6.07, 6.45) is 3.70. The second-order valence-electron chi connectivity index (χ2n) is 6.67. The molecule has 2 amide bonds. The van der Waals surface area contributed by atoms with Crippen LogP contribution in [0, 0.1) is 5.92 Å². The summed E-state index contributed by atoms with van der Waals surface area (Å²) in [6, 6.07) is 7.12. The number of carbonyl (C=O) groups is 2. The lowest BCUT2D eigenvalue weighted by Gasteiger charge is -2.25. The zero-order valence-electron chi connectivity index (χ0n) is 17.0. The summed E-state index contributed by atoms with van der Waals surface area (Å²) in [5.74, 6) is 0.575. The zero-order valence-corrected chi connectivity index (χ0v) is 17.8. The fourth-order valence-electron chi connectivity index (χ4n) is 2.86. The highest BCUT2D eigenvalue weighted by molar-refractivity contribution is 7.99. The minimum Gasteiger partial charge on any atom is -0.339 e. The number of anilines is 1. The van der Waals surface area contributed by atoms with E-state index in [1.807, 2.05) is 18.9 Å². The Balaban J connectivity index is 1.99. The number of hydrogen-bond donors (Lipinski definition) is 1. The first-order valence-corrected chi connectivity index (χ1v) is 10.6. The molecular weight excluding hydrogens is 374 g/mol. The van der Waals surface area contributed by atoms with Gasteiger partial charge in [-0.3, -0.25) is 9.59 Å². The van der Waals surface area contributed by atoms with Crippen molar-refractivity contribution in [2.24, 2.45) is 13.0 Å². The first-order valence-electron chi connectivity index (χ1n) is 9.64. The van der Waals surface area contributed by atoms with Crippen LogP contribution in [-0.4, -0.2) is 50.3 Å². The first kappa shape index (κ1) is 21.9. The van der Waals surface area contributed by atoms with Gasteiger partial charge in [-0.05, 0) is 31.0 Å². The van der Waals surface area contributed by atoms with Gasteiger partial charge in [-0.1, -0.05) is 44.5 Å². The summed E-state index contributed by atoms with van der Waals surface area (Å²) in [6.45, 7) is 7.73. The van der Waals surface area contributed by atoms with Gasteiger partial charge in [0.2, 0.25) is 5.91 Å². The van der Waals surface area contributed by atoms with Crippen molar-refractivity contribution in [2.45, 2.75) is 38.8 Å². The maximum Gasteiger partial charge on any atom is 0.253 e. The van der Waals surface area contributed by atoms with Crippen molar-refractivity contribution in [3.05, 3.63) is 36.2 Å². The van der Waals surface area contributed by atoms with Crippen LogP contribution in [0.3, 0.4) is 0 Å². The molecule has 1 aromatic heterocycles. The summed E-state index contributed by atoms with van der Waals surface area (Å²) in [5.41, 5.74) is 1.21. The fraction of sp³-hybridized carbons (Fsp3) is 0.500. The molecule has 0 spiro atoms. The minimum atomic E-state index is -0.151. The summed E-state index contributed by atoms with van der Waals surface area (Å²) in [4.78, 5) is 27.0. The molecule has 1 N–H and O–H groups in total. The van der Waals surface area contributed by atoms with Crippen LogP contribution in [0.5, 0.6) is 0 Å². The molecule has 0 aliphatic carbocycles. The number of aryl methyl sites for hydroxylation is 1. The van der Waals surface area contributed by atoms with Gasteiger partial charge in [-0.25, -0.2) is 0 Å². The molecule has 0 saturated heterocycles. The van der Waals surface area contributed by atoms with E-state index in [4.69, 9.17) is 0 Å². The van der Waals surface area contributed by atoms with Crippen LogP contribution in [0.4, 0.5) is 5.69 Å². The molecule has 0 bridgehead atoms. The molecule has 28 heavy (non-hydrogen) atoms. The standard InChI is InChI=1S/C20H29N5O2S/c1-5-15(6-2)12-25(7-3)19(27)16-9-8-10-17(11-16)22-18(26)13-28-20-23-21-14-24(20)4/h8-11,14-15H,5-7,12-13H2,1-4H3,(H,22,26). The van der Waals surface area contributed by atoms with E-state index in [1.165, 1.54) is 11.8 Å². The predicted molar refractivity (Wildman–Crippen MR) is 112 cm³/mol. The summed E-state index contributed by atoms with van der Waals surface area (Å²) in [5, 5.41) is 11.3. The average Bonchev–Trinajstić information content (AvgIpc) is 3.12. The van der Waals surface area contributed by atoms with E-state index >= 15 is 0 Å². The topological polar surface area (TPSA) is 80.1 Å². The van der Waals surface area contributed by atoms with Crippen LogP contribution in [0.25, 0.3) is 0 Å². The highest BCUT2D eigenvalue weighted by Gasteiger charge is 2.18. The van der Waals surface area contributed by atoms with E-state index < -0.39 is 0 Å². The van der Waals surface area contributed by atoms with Crippen molar-refractivity contribution in [2.75, 3.05) is 24.2 Å². The largest absolute Gasteiger partial charge is 0.339 e. The number of hydrogen-bond acceptors (Lipinski definition) is 5. The monoisotopic (exact) mass is 403 g/mol. The van der Waals surface area contributed by atoms with Gasteiger partial charge < -0.3 is 14.8 Å². The van der Waals surface area contributed by atoms with Crippen molar-refractivity contribution in [3.8, 4) is 0 Å². The Morgan fingerprint density at radius 1 is 1.25 bits per heavy atom. The number of benzene rings is 1. The van der Waals surface area contributed by atoms with Gasteiger partial charge in [0, 0.05) is 31.4 Å². The van der Waals surface area contributed by atoms with E-state index in [0.717, 1.165) is 19.4 Å². The molecule has 2 aromatic rings. The van der Waals surface area contributed by atoms with E-state index in [2.05, 4.69) is 29.4 Å². The lowest BCUT2D eigenvalue weighted by Crippen LogP contribution is -2.35. The molecule has 2 rings (SSSR count). The normalized spacial score (nSPS) is 10.9. The highest BCUT2D eigenvalue weighted by atomic mass is 32.2. The molecule has 152 valence electrons. The Morgan fingerprint density at radius 2 is 2.00 bits per heavy atom. The number of carbonyl (C=O) groups excluding carboxylic acids is 2. The molecule has 1 aromatic carbocycles. The second kappa shape index (κ2) is 10.8. The Morgan fingerprint density at radius 3 is 2.61 bits per heavy atom. The van der Waals surface area contributed by atoms with Crippen LogP contribution in [0.1, 0.15) is 44.0 Å². The van der Waals surface area contributed by atoms with Gasteiger partial charge in [0.1, 0.15) is 6.33 Å². The smallest absolute Gasteiger partial charge is 0.253 e. The number of nitrogens with zero attached hydrogens (tertiary/aromatic N) is 4. The van der Waals surface area contributed by atoms with Crippen LogP contribution < -0.4 is 5.32 Å². The van der Waals surface area contributed by atoms with E-state index in [-0.39, 0.29) is 17.6 Å². The third kappa shape index (κ3) is 6.09. The van der Waals surface area contributed by atoms with Crippen LogP contribution >= 0.6 is 11.8 Å². The Labute approximate surface area is 170 Å². The molecule has 0 atom stereocenters. The quantitative estimate of drug-likeness (QED) is 0.615. The predicted octanol–water partition coefficient (Wildman–Crippen LogP) is 3.44. The zero-order chi connectivity index (χ0) is 20.5. The van der Waals surface area contributed by atoms with Crippen molar-refractivity contribution >= 4 is 29.3 Å². The van der Waals surface area contributed by atoms with Crippen molar-refractivity contribution in [3.63, 3.8) is 0 Å². The van der Waals surface area contributed by atoms with E-state index in [0.29, 0.717) is 28.9 Å². The number of rotatable bonds is 10. The maximum atomic E-state index is 12.9. The Kier molecular flexibility index (Phi) is 8.50. The van der Waals surface area contributed by atoms with Crippen molar-refractivity contribution in [1.29, 1.82) is 0 Å². The summed E-state index contributed by atoms with van der Waals surface area (Å²) >= 11 is 1.31. The van der Waals surface area contributed by atoms with Crippen molar-refractivity contribution < 1.29 is 9.59 Å². The first-order chi connectivity index (χ1) is 13.5. The number of amides is 2. The van der Waals surface area contributed by atoms with Gasteiger partial charge in [0.25, 0.3) is 5.91 Å². The average molecular weight is 404 g/mol. The second-order valence-corrected chi connectivity index (χ2v) is 7.61. The highest BCUT2D eigenvalue weighted by Crippen LogP contribution is 2.17. The molecule has 8 heteroatoms. The molecule has 0 aliphatic heterocycles. The minimum absolute atomic E-state index is 0.000964. The lowest BCUT2D eigenvalue weighted by molar-refractivity contribution is -0.113. The van der Waals surface area contributed by atoms with E-state index in [1.54, 1.807) is 35.2 Å². The SMILES string of the molecule is CCC(CC)CN(CC)C(=O)c1cccc(NC(=O)CSc2nncn2C)c1. The number of nitrogens with one attached hydrogen (secondary N) is 1. The third-order valence-corrected chi connectivity index (χ3v) is 5.73. The molecule has 0 radical (unpaired) electrons. The number of aromatic nitrogens is 3. The molecule has 1 heterocycles. The molecule has 7 nitrogen and oxygen atoms in total. The van der Waals surface area contributed by atoms with Crippen LogP contribution in [0.2, 0.25) is 0 Å². The molecule has 0 aliphatic rings. The van der Waals surface area contributed by atoms with Gasteiger partial charge in [-0.2, -0.15) is 0 Å². The summed E-state index contributed by atoms with van der Waals surface area (Å²) in [7, 11) is 1.83. The summed E-state index contributed by atoms with van der Waals surface area (Å²) < 4.78 is 1.76. The van der Waals surface area contributed by atoms with E-state index in [9.17, 15) is 9.59 Å². The van der Waals surface area contributed by atoms with Gasteiger partial charge in [0.05, 0.1) is 5.75 Å². The number of thioether (sulfide) groups is 1. The van der Waals surface area contributed by atoms with Gasteiger partial charge in [0.15, 0.2) is 5.16 Å². The lowest BCUT2D eigenvalue weighted by atomic mass is 10.0. The van der Waals surface area contributed by atoms with Crippen LogP contribution in [-0.2, 0) is 11.8 Å². The molecule has 0 unspecified atom stereocenters. The van der Waals surface area contributed by atoms with Crippen molar-refractivity contribution in [1.82, 2.24) is 19.7 Å². The Bertz CT molecular complexity index is 788. The van der Waals surface area contributed by atoms with Gasteiger partial charge in [-0.15, -0.1) is 10.2 Å². The molecular formula is C20H29N5O2S.